The third-order valence-corrected chi connectivity index (χ3v) is 2.94. The molecule has 0 aromatic carbocycles. The maximum absolute atomic E-state index is 10.5. The fourth-order valence-corrected chi connectivity index (χ4v) is 1.83. The Morgan fingerprint density at radius 2 is 2.11 bits per heavy atom. The molecular formula is C15H25ClO2. The summed E-state index contributed by atoms with van der Waals surface area (Å²) >= 11 is 6.13. The molecule has 0 amide bonds. The molecule has 1 unspecified atom stereocenters. The minimum atomic E-state index is -0.800. The number of alkyl halides is 1. The van der Waals surface area contributed by atoms with Crippen LogP contribution in [0.15, 0.2) is 17.4 Å². The van der Waals surface area contributed by atoms with Crippen LogP contribution in [0.3, 0.4) is 0 Å². The summed E-state index contributed by atoms with van der Waals surface area (Å²) in [6.45, 7) is 8.07. The van der Waals surface area contributed by atoms with Crippen LogP contribution in [0.2, 0.25) is 0 Å². The SMILES string of the molecule is CC(=C=CCC(C)CCCC(C)(C)Cl)CC(=O)O. The molecule has 0 rings (SSSR count). The number of rotatable bonds is 8. The first-order valence-electron chi connectivity index (χ1n) is 6.52. The second-order valence-electron chi connectivity index (χ2n) is 5.65. The zero-order valence-electron chi connectivity index (χ0n) is 11.9. The monoisotopic (exact) mass is 272 g/mol. The molecule has 0 aromatic rings. The van der Waals surface area contributed by atoms with Gasteiger partial charge in [0.2, 0.25) is 0 Å². The smallest absolute Gasteiger partial charge is 0.308 e. The zero-order valence-corrected chi connectivity index (χ0v) is 12.7. The lowest BCUT2D eigenvalue weighted by Gasteiger charge is -2.16. The maximum Gasteiger partial charge on any atom is 0.308 e. The van der Waals surface area contributed by atoms with Gasteiger partial charge in [0.15, 0.2) is 0 Å². The molecule has 0 spiro atoms. The van der Waals surface area contributed by atoms with E-state index in [1.807, 2.05) is 19.9 Å². The number of aliphatic carboxylic acids is 1. The molecule has 18 heavy (non-hydrogen) atoms. The van der Waals surface area contributed by atoms with Crippen LogP contribution in [0.1, 0.15) is 59.8 Å². The number of halogens is 1. The van der Waals surface area contributed by atoms with Crippen molar-refractivity contribution in [2.24, 2.45) is 5.92 Å². The number of carboxylic acid groups (broad SMARTS) is 1. The van der Waals surface area contributed by atoms with E-state index in [0.717, 1.165) is 31.3 Å². The first-order chi connectivity index (χ1) is 8.20. The van der Waals surface area contributed by atoms with E-state index in [1.54, 1.807) is 6.92 Å². The third-order valence-electron chi connectivity index (χ3n) is 2.75. The van der Waals surface area contributed by atoms with E-state index in [1.165, 1.54) is 0 Å². The first kappa shape index (κ1) is 17.3. The molecule has 104 valence electrons. The predicted molar refractivity (Wildman–Crippen MR) is 77.1 cm³/mol. The lowest BCUT2D eigenvalue weighted by atomic mass is 9.97. The van der Waals surface area contributed by atoms with E-state index in [0.29, 0.717) is 5.92 Å². The van der Waals surface area contributed by atoms with E-state index in [-0.39, 0.29) is 11.3 Å². The van der Waals surface area contributed by atoms with Crippen LogP contribution in [0.4, 0.5) is 0 Å². The van der Waals surface area contributed by atoms with E-state index >= 15 is 0 Å². The van der Waals surface area contributed by atoms with Crippen molar-refractivity contribution in [1.82, 2.24) is 0 Å². The first-order valence-corrected chi connectivity index (χ1v) is 6.90. The van der Waals surface area contributed by atoms with Crippen molar-refractivity contribution in [2.75, 3.05) is 0 Å². The van der Waals surface area contributed by atoms with Crippen LogP contribution in [-0.2, 0) is 4.79 Å². The summed E-state index contributed by atoms with van der Waals surface area (Å²) in [5.41, 5.74) is 3.81. The summed E-state index contributed by atoms with van der Waals surface area (Å²) < 4.78 is 0. The zero-order chi connectivity index (χ0) is 14.2. The van der Waals surface area contributed by atoms with Gasteiger partial charge in [0.05, 0.1) is 6.42 Å². The van der Waals surface area contributed by atoms with Crippen molar-refractivity contribution < 1.29 is 9.90 Å². The highest BCUT2D eigenvalue weighted by molar-refractivity contribution is 6.23. The summed E-state index contributed by atoms with van der Waals surface area (Å²) in [6, 6.07) is 0. The van der Waals surface area contributed by atoms with Gasteiger partial charge in [-0.25, -0.2) is 0 Å². The molecule has 0 aliphatic carbocycles. The minimum Gasteiger partial charge on any atom is -0.481 e. The van der Waals surface area contributed by atoms with Crippen LogP contribution in [0.25, 0.3) is 0 Å². The third kappa shape index (κ3) is 11.8. The van der Waals surface area contributed by atoms with Crippen LogP contribution in [0.5, 0.6) is 0 Å². The molecule has 0 radical (unpaired) electrons. The van der Waals surface area contributed by atoms with E-state index < -0.39 is 5.97 Å². The molecule has 0 heterocycles. The van der Waals surface area contributed by atoms with Crippen LogP contribution in [-0.4, -0.2) is 16.0 Å². The van der Waals surface area contributed by atoms with Gasteiger partial charge >= 0.3 is 5.97 Å². The van der Waals surface area contributed by atoms with Gasteiger partial charge < -0.3 is 5.11 Å². The Labute approximate surface area is 116 Å². The number of hydrogen-bond acceptors (Lipinski definition) is 1. The van der Waals surface area contributed by atoms with Crippen molar-refractivity contribution in [2.45, 2.75) is 64.7 Å². The van der Waals surface area contributed by atoms with Crippen LogP contribution < -0.4 is 0 Å². The molecule has 0 aliphatic heterocycles. The minimum absolute atomic E-state index is 0.0747. The largest absolute Gasteiger partial charge is 0.481 e. The van der Waals surface area contributed by atoms with Crippen LogP contribution >= 0.6 is 11.6 Å². The van der Waals surface area contributed by atoms with Gasteiger partial charge in [-0.3, -0.25) is 4.79 Å². The van der Waals surface area contributed by atoms with Crippen molar-refractivity contribution in [3.05, 3.63) is 17.4 Å². The summed E-state index contributed by atoms with van der Waals surface area (Å²) in [4.78, 5) is 10.4. The average molecular weight is 273 g/mol. The van der Waals surface area contributed by atoms with Gasteiger partial charge in [0.1, 0.15) is 0 Å². The Kier molecular flexibility index (Phi) is 8.06. The Morgan fingerprint density at radius 3 is 2.61 bits per heavy atom. The highest BCUT2D eigenvalue weighted by Crippen LogP contribution is 2.23. The van der Waals surface area contributed by atoms with Crippen LogP contribution in [0, 0.1) is 5.92 Å². The number of carbonyl (C=O) groups is 1. The van der Waals surface area contributed by atoms with Gasteiger partial charge in [0.25, 0.3) is 0 Å². The van der Waals surface area contributed by atoms with Crippen molar-refractivity contribution in [1.29, 1.82) is 0 Å². The molecular weight excluding hydrogens is 248 g/mol. The standard InChI is InChI=1S/C15H25ClO2/c1-12(9-6-10-15(3,4)16)7-5-8-13(2)11-14(17)18/h5,12H,6-7,9-11H2,1-4H3,(H,17,18). The lowest BCUT2D eigenvalue weighted by molar-refractivity contribution is -0.136. The highest BCUT2D eigenvalue weighted by Gasteiger charge is 2.12. The topological polar surface area (TPSA) is 37.3 Å². The van der Waals surface area contributed by atoms with Gasteiger partial charge in [-0.2, -0.15) is 0 Å². The quantitative estimate of drug-likeness (QED) is 0.510. The van der Waals surface area contributed by atoms with E-state index in [4.69, 9.17) is 16.7 Å². The van der Waals surface area contributed by atoms with Gasteiger partial charge in [-0.1, -0.05) is 19.8 Å². The molecule has 0 aliphatic rings. The molecule has 1 N–H and O–H groups in total. The lowest BCUT2D eigenvalue weighted by Crippen LogP contribution is -2.10. The summed E-state index contributed by atoms with van der Waals surface area (Å²) in [7, 11) is 0. The predicted octanol–water partition coefficient (Wildman–Crippen LogP) is 4.78. The molecule has 0 fully saturated rings. The second kappa shape index (κ2) is 8.39. The van der Waals surface area contributed by atoms with Gasteiger partial charge in [-0.05, 0) is 51.2 Å². The summed E-state index contributed by atoms with van der Waals surface area (Å²) in [5.74, 6) is -0.208. The Morgan fingerprint density at radius 1 is 1.50 bits per heavy atom. The Hall–Kier alpha value is -0.720. The van der Waals surface area contributed by atoms with Crippen molar-refractivity contribution >= 4 is 17.6 Å². The fourth-order valence-electron chi connectivity index (χ4n) is 1.70. The van der Waals surface area contributed by atoms with Crippen molar-refractivity contribution in [3.63, 3.8) is 0 Å². The second-order valence-corrected chi connectivity index (χ2v) is 6.67. The normalized spacial score (nSPS) is 12.7. The molecule has 2 nitrogen and oxygen atoms in total. The molecule has 0 saturated heterocycles. The number of hydrogen-bond donors (Lipinski definition) is 1. The van der Waals surface area contributed by atoms with E-state index in [2.05, 4.69) is 12.7 Å². The molecule has 3 heteroatoms. The molecule has 0 saturated carbocycles. The average Bonchev–Trinajstić information content (AvgIpc) is 2.13. The molecule has 0 bridgehead atoms. The molecule has 0 aromatic heterocycles. The number of carboxylic acids is 1. The Balaban J connectivity index is 3.92. The van der Waals surface area contributed by atoms with Crippen molar-refractivity contribution in [3.8, 4) is 0 Å². The van der Waals surface area contributed by atoms with Gasteiger partial charge in [-0.15, -0.1) is 17.3 Å². The highest BCUT2D eigenvalue weighted by atomic mass is 35.5. The van der Waals surface area contributed by atoms with E-state index in [9.17, 15) is 4.79 Å². The Bertz CT molecular complexity index is 320. The summed E-state index contributed by atoms with van der Waals surface area (Å²) in [5, 5.41) is 8.60. The van der Waals surface area contributed by atoms with Gasteiger partial charge in [0, 0.05) is 4.87 Å². The molecule has 1 atom stereocenters. The maximum atomic E-state index is 10.5. The fraction of sp³-hybridized carbons (Fsp3) is 0.733. The summed E-state index contributed by atoms with van der Waals surface area (Å²) in [6.07, 6.45) is 6.27.